The summed E-state index contributed by atoms with van der Waals surface area (Å²) in [5.41, 5.74) is 0.591. The van der Waals surface area contributed by atoms with E-state index in [1.54, 1.807) is 12.3 Å². The zero-order valence-corrected chi connectivity index (χ0v) is 10.4. The molecule has 86 valence electrons. The van der Waals surface area contributed by atoms with Crippen molar-refractivity contribution in [3.05, 3.63) is 22.3 Å². The maximum atomic E-state index is 11.0. The van der Waals surface area contributed by atoms with E-state index in [9.17, 15) is 4.79 Å². The molecule has 0 amide bonds. The van der Waals surface area contributed by atoms with E-state index in [2.05, 4.69) is 25.8 Å². The third-order valence-corrected chi connectivity index (χ3v) is 3.27. The van der Waals surface area contributed by atoms with Gasteiger partial charge in [0.1, 0.15) is 5.82 Å². The fourth-order valence-corrected chi connectivity index (χ4v) is 2.32. The molecular weight excluding hydrogens is 272 g/mol. The van der Waals surface area contributed by atoms with Crippen molar-refractivity contribution in [2.75, 3.05) is 24.6 Å². The number of hydrogen-bond acceptors (Lipinski definition) is 4. The predicted octanol–water partition coefficient (Wildman–Crippen LogP) is 1.48. The van der Waals surface area contributed by atoms with E-state index in [1.807, 2.05) is 0 Å². The van der Waals surface area contributed by atoms with Crippen molar-refractivity contribution in [2.45, 2.75) is 6.42 Å². The molecule has 0 spiro atoms. The van der Waals surface area contributed by atoms with Crippen LogP contribution in [0.2, 0.25) is 0 Å². The molecule has 0 saturated carbocycles. The summed E-state index contributed by atoms with van der Waals surface area (Å²) < 4.78 is 0.802. The number of carbonyl (C=O) groups is 1. The lowest BCUT2D eigenvalue weighted by molar-refractivity contribution is 0.112. The fraction of sp³-hybridized carbons (Fsp3) is 0.455. The van der Waals surface area contributed by atoms with E-state index in [4.69, 9.17) is 5.11 Å². The van der Waals surface area contributed by atoms with Crippen molar-refractivity contribution in [3.8, 4) is 0 Å². The van der Waals surface area contributed by atoms with E-state index in [0.29, 0.717) is 17.3 Å². The first-order chi connectivity index (χ1) is 7.74. The minimum atomic E-state index is 0.198. The molecule has 0 aromatic carbocycles. The number of carbonyl (C=O) groups excluding carboxylic acids is 1. The highest BCUT2D eigenvalue weighted by Crippen LogP contribution is 2.25. The number of aromatic nitrogens is 1. The minimum absolute atomic E-state index is 0.198. The standard InChI is InChI=1S/C11H13BrN2O2/c12-10-3-9(7-16)11(13-4-10)14-2-1-8(5-14)6-15/h3-4,7-8,15H,1-2,5-6H2. The Balaban J connectivity index is 2.24. The number of aliphatic hydroxyl groups is 1. The summed E-state index contributed by atoms with van der Waals surface area (Å²) in [5.74, 6) is 1.01. The third-order valence-electron chi connectivity index (χ3n) is 2.83. The molecule has 1 atom stereocenters. The number of rotatable bonds is 3. The van der Waals surface area contributed by atoms with Crippen LogP contribution in [0.3, 0.4) is 0 Å². The molecule has 2 heterocycles. The van der Waals surface area contributed by atoms with Gasteiger partial charge in [-0.2, -0.15) is 0 Å². The second-order valence-corrected chi connectivity index (χ2v) is 4.88. The molecule has 0 radical (unpaired) electrons. The van der Waals surface area contributed by atoms with Crippen LogP contribution in [0.4, 0.5) is 5.82 Å². The number of hydrogen-bond donors (Lipinski definition) is 1. The van der Waals surface area contributed by atoms with Crippen LogP contribution >= 0.6 is 15.9 Å². The molecule has 2 rings (SSSR count). The number of halogens is 1. The van der Waals surface area contributed by atoms with Gasteiger partial charge in [-0.05, 0) is 28.4 Å². The van der Waals surface area contributed by atoms with E-state index in [-0.39, 0.29) is 6.61 Å². The van der Waals surface area contributed by atoms with E-state index < -0.39 is 0 Å². The Morgan fingerprint density at radius 2 is 2.50 bits per heavy atom. The topological polar surface area (TPSA) is 53.4 Å². The van der Waals surface area contributed by atoms with E-state index >= 15 is 0 Å². The molecule has 1 saturated heterocycles. The molecule has 0 aliphatic carbocycles. The quantitative estimate of drug-likeness (QED) is 0.855. The highest BCUT2D eigenvalue weighted by Gasteiger charge is 2.24. The molecule has 1 unspecified atom stereocenters. The number of aldehydes is 1. The predicted molar refractivity (Wildman–Crippen MR) is 64.7 cm³/mol. The summed E-state index contributed by atoms with van der Waals surface area (Å²) in [6, 6.07) is 1.77. The second-order valence-electron chi connectivity index (χ2n) is 3.97. The molecule has 1 fully saturated rings. The summed E-state index contributed by atoms with van der Waals surface area (Å²) >= 11 is 3.29. The molecule has 4 nitrogen and oxygen atoms in total. The summed E-state index contributed by atoms with van der Waals surface area (Å²) in [6.45, 7) is 1.82. The largest absolute Gasteiger partial charge is 0.396 e. The van der Waals surface area contributed by atoms with Gasteiger partial charge >= 0.3 is 0 Å². The first-order valence-electron chi connectivity index (χ1n) is 5.21. The molecular formula is C11H13BrN2O2. The number of pyridine rings is 1. The van der Waals surface area contributed by atoms with Crippen LogP contribution in [0.15, 0.2) is 16.7 Å². The lowest BCUT2D eigenvalue weighted by Crippen LogP contribution is -2.23. The Kier molecular flexibility index (Phi) is 3.56. The van der Waals surface area contributed by atoms with Gasteiger partial charge in [-0.1, -0.05) is 0 Å². The minimum Gasteiger partial charge on any atom is -0.396 e. The number of anilines is 1. The van der Waals surface area contributed by atoms with Gasteiger partial charge in [0.15, 0.2) is 6.29 Å². The van der Waals surface area contributed by atoms with Crippen LogP contribution in [0, 0.1) is 5.92 Å². The van der Waals surface area contributed by atoms with Gasteiger partial charge in [-0.15, -0.1) is 0 Å². The van der Waals surface area contributed by atoms with Crippen LogP contribution in [0.5, 0.6) is 0 Å². The van der Waals surface area contributed by atoms with Gasteiger partial charge in [-0.25, -0.2) is 4.98 Å². The Hall–Kier alpha value is -0.940. The van der Waals surface area contributed by atoms with Gasteiger partial charge in [0.05, 0.1) is 5.56 Å². The van der Waals surface area contributed by atoms with Gasteiger partial charge in [-0.3, -0.25) is 4.79 Å². The van der Waals surface area contributed by atoms with Crippen molar-refractivity contribution in [3.63, 3.8) is 0 Å². The van der Waals surface area contributed by atoms with Crippen molar-refractivity contribution in [1.82, 2.24) is 4.98 Å². The van der Waals surface area contributed by atoms with E-state index in [0.717, 1.165) is 30.3 Å². The fourth-order valence-electron chi connectivity index (χ4n) is 1.97. The van der Waals surface area contributed by atoms with Crippen molar-refractivity contribution >= 4 is 28.0 Å². The smallest absolute Gasteiger partial charge is 0.153 e. The molecule has 5 heteroatoms. The first kappa shape index (κ1) is 11.5. The molecule has 16 heavy (non-hydrogen) atoms. The van der Waals surface area contributed by atoms with Gasteiger partial charge in [0.25, 0.3) is 0 Å². The van der Waals surface area contributed by atoms with Gasteiger partial charge in [0, 0.05) is 36.3 Å². The third kappa shape index (κ3) is 2.25. The molecule has 1 aromatic rings. The summed E-state index contributed by atoms with van der Waals surface area (Å²) in [6.07, 6.45) is 3.46. The SMILES string of the molecule is O=Cc1cc(Br)cnc1N1CCC(CO)C1. The lowest BCUT2D eigenvalue weighted by Gasteiger charge is -2.18. The van der Waals surface area contributed by atoms with Gasteiger partial charge in [0.2, 0.25) is 0 Å². The van der Waals surface area contributed by atoms with Crippen LogP contribution in [0.25, 0.3) is 0 Å². The Morgan fingerprint density at radius 3 is 3.12 bits per heavy atom. The number of nitrogens with zero attached hydrogens (tertiary/aromatic N) is 2. The molecule has 1 N–H and O–H groups in total. The maximum absolute atomic E-state index is 11.0. The normalized spacial score (nSPS) is 20.1. The van der Waals surface area contributed by atoms with E-state index in [1.165, 1.54) is 0 Å². The van der Waals surface area contributed by atoms with Crippen LogP contribution < -0.4 is 4.90 Å². The van der Waals surface area contributed by atoms with Crippen LogP contribution in [-0.4, -0.2) is 36.1 Å². The zero-order valence-electron chi connectivity index (χ0n) is 8.77. The Labute approximate surface area is 102 Å². The average Bonchev–Trinajstić information content (AvgIpc) is 2.77. The molecule has 1 aromatic heterocycles. The number of aliphatic hydroxyl groups excluding tert-OH is 1. The lowest BCUT2D eigenvalue weighted by atomic mass is 10.1. The molecule has 0 bridgehead atoms. The zero-order chi connectivity index (χ0) is 11.5. The highest BCUT2D eigenvalue weighted by molar-refractivity contribution is 9.10. The monoisotopic (exact) mass is 284 g/mol. The van der Waals surface area contributed by atoms with Crippen LogP contribution in [-0.2, 0) is 0 Å². The second kappa shape index (κ2) is 4.93. The Bertz CT molecular complexity index is 398. The van der Waals surface area contributed by atoms with Crippen molar-refractivity contribution in [2.24, 2.45) is 5.92 Å². The first-order valence-corrected chi connectivity index (χ1v) is 6.00. The average molecular weight is 285 g/mol. The molecule has 1 aliphatic rings. The summed E-state index contributed by atoms with van der Waals surface area (Å²) in [7, 11) is 0. The van der Waals surface area contributed by atoms with Crippen molar-refractivity contribution in [1.29, 1.82) is 0 Å². The van der Waals surface area contributed by atoms with Crippen LogP contribution in [0.1, 0.15) is 16.8 Å². The maximum Gasteiger partial charge on any atom is 0.153 e. The van der Waals surface area contributed by atoms with Gasteiger partial charge < -0.3 is 10.0 Å². The highest BCUT2D eigenvalue weighted by atomic mass is 79.9. The Morgan fingerprint density at radius 1 is 1.69 bits per heavy atom. The summed E-state index contributed by atoms with van der Waals surface area (Å²) in [4.78, 5) is 17.3. The van der Waals surface area contributed by atoms with Crippen molar-refractivity contribution < 1.29 is 9.90 Å². The molecule has 1 aliphatic heterocycles. The summed E-state index contributed by atoms with van der Waals surface area (Å²) in [5, 5.41) is 9.08.